The highest BCUT2D eigenvalue weighted by Gasteiger charge is 2.58. The van der Waals surface area contributed by atoms with Gasteiger partial charge in [-0.1, -0.05) is 31.2 Å². The summed E-state index contributed by atoms with van der Waals surface area (Å²) in [5.41, 5.74) is -1.47. The maximum absolute atomic E-state index is 13.5. The van der Waals surface area contributed by atoms with Crippen molar-refractivity contribution in [3.05, 3.63) is 53.6 Å². The van der Waals surface area contributed by atoms with Crippen molar-refractivity contribution >= 4 is 5.91 Å². The molecule has 0 fully saturated rings. The van der Waals surface area contributed by atoms with E-state index in [1.54, 1.807) is 6.92 Å². The van der Waals surface area contributed by atoms with Crippen molar-refractivity contribution in [2.45, 2.75) is 44.5 Å². The molecule has 2 atom stereocenters. The van der Waals surface area contributed by atoms with Crippen molar-refractivity contribution in [3.63, 3.8) is 0 Å². The zero-order valence-corrected chi connectivity index (χ0v) is 14.8. The van der Waals surface area contributed by atoms with E-state index in [2.05, 4.69) is 10.3 Å². The van der Waals surface area contributed by atoms with E-state index in [0.29, 0.717) is 0 Å². The highest BCUT2D eigenvalue weighted by Crippen LogP contribution is 2.40. The van der Waals surface area contributed by atoms with Gasteiger partial charge in [-0.3, -0.25) is 4.79 Å². The van der Waals surface area contributed by atoms with E-state index in [1.165, 1.54) is 13.2 Å². The van der Waals surface area contributed by atoms with Crippen LogP contribution in [0.25, 0.3) is 0 Å². The van der Waals surface area contributed by atoms with Gasteiger partial charge in [0, 0.05) is 19.4 Å². The highest BCUT2D eigenvalue weighted by atomic mass is 19.4. The third-order valence-electron chi connectivity index (χ3n) is 4.34. The Bertz CT molecular complexity index is 756. The van der Waals surface area contributed by atoms with Gasteiger partial charge in [0.2, 0.25) is 11.5 Å². The third-order valence-corrected chi connectivity index (χ3v) is 4.34. The molecule has 0 spiro atoms. The predicted molar refractivity (Wildman–Crippen MR) is 90.2 cm³/mol. The van der Waals surface area contributed by atoms with Crippen LogP contribution in [0.5, 0.6) is 0 Å². The number of aromatic nitrogens is 2. The molecular weight excluding hydrogens is 347 g/mol. The molecule has 0 aliphatic heterocycles. The zero-order valence-electron chi connectivity index (χ0n) is 14.8. The first kappa shape index (κ1) is 20.0. The van der Waals surface area contributed by atoms with Gasteiger partial charge in [-0.05, 0) is 24.5 Å². The van der Waals surface area contributed by atoms with Gasteiger partial charge in [-0.15, -0.1) is 0 Å². The number of halogens is 3. The highest BCUT2D eigenvalue weighted by molar-refractivity contribution is 5.77. The summed E-state index contributed by atoms with van der Waals surface area (Å²) in [6, 6.07) is 6.94. The van der Waals surface area contributed by atoms with Gasteiger partial charge < -0.3 is 15.0 Å². The first-order chi connectivity index (χ1) is 12.1. The van der Waals surface area contributed by atoms with Gasteiger partial charge in [-0.2, -0.15) is 13.2 Å². The minimum atomic E-state index is -5.05. The van der Waals surface area contributed by atoms with Gasteiger partial charge in [-0.25, -0.2) is 4.98 Å². The molecule has 1 aromatic carbocycles. The topological polar surface area (TPSA) is 67.2 Å². The van der Waals surface area contributed by atoms with Crippen LogP contribution in [0.15, 0.2) is 36.7 Å². The van der Waals surface area contributed by atoms with Crippen molar-refractivity contribution in [3.8, 4) is 0 Å². The van der Waals surface area contributed by atoms with Crippen LogP contribution in [-0.4, -0.2) is 26.7 Å². The number of benzene rings is 1. The Morgan fingerprint density at radius 2 is 1.92 bits per heavy atom. The maximum Gasteiger partial charge on any atom is 0.425 e. The summed E-state index contributed by atoms with van der Waals surface area (Å²) in [4.78, 5) is 15.8. The number of aryl methyl sites for hydroxylation is 2. The molecule has 8 heteroatoms. The van der Waals surface area contributed by atoms with Crippen LogP contribution >= 0.6 is 0 Å². The standard InChI is InChI=1S/C18H22F3N3O2/c1-4-13-5-7-14(8-6-13)12(2)23-15(25)11-17(26,18(19,20)21)16-22-9-10-24(16)3/h5-10,12,26H,4,11H2,1-3H3,(H,23,25). The fourth-order valence-electron chi connectivity index (χ4n) is 2.72. The molecule has 0 radical (unpaired) electrons. The van der Waals surface area contributed by atoms with Gasteiger partial charge in [0.15, 0.2) is 5.82 Å². The van der Waals surface area contributed by atoms with Crippen molar-refractivity contribution in [2.75, 3.05) is 0 Å². The molecule has 142 valence electrons. The van der Waals surface area contributed by atoms with E-state index in [0.717, 1.165) is 28.3 Å². The summed E-state index contributed by atoms with van der Waals surface area (Å²) in [6.07, 6.45) is -2.93. The number of carbonyl (C=O) groups is 1. The fraction of sp³-hybridized carbons (Fsp3) is 0.444. The average molecular weight is 369 g/mol. The van der Waals surface area contributed by atoms with Crippen LogP contribution in [-0.2, 0) is 23.9 Å². The van der Waals surface area contributed by atoms with Crippen LogP contribution in [0.4, 0.5) is 13.2 Å². The second-order valence-electron chi connectivity index (χ2n) is 6.28. The lowest BCUT2D eigenvalue weighted by Crippen LogP contribution is -2.48. The van der Waals surface area contributed by atoms with E-state index in [1.807, 2.05) is 31.2 Å². The summed E-state index contributed by atoms with van der Waals surface area (Å²) in [6.45, 7) is 3.68. The van der Waals surface area contributed by atoms with Crippen LogP contribution in [0.3, 0.4) is 0 Å². The van der Waals surface area contributed by atoms with Gasteiger partial charge in [0.25, 0.3) is 0 Å². The van der Waals surface area contributed by atoms with Gasteiger partial charge in [0.1, 0.15) is 0 Å². The lowest BCUT2D eigenvalue weighted by Gasteiger charge is -2.29. The van der Waals surface area contributed by atoms with Crippen LogP contribution < -0.4 is 5.32 Å². The number of nitrogens with zero attached hydrogens (tertiary/aromatic N) is 2. The minimum Gasteiger partial charge on any atom is -0.374 e. The minimum absolute atomic E-state index is 0.493. The number of amides is 1. The Morgan fingerprint density at radius 3 is 2.38 bits per heavy atom. The molecule has 0 saturated carbocycles. The molecule has 1 amide bonds. The van der Waals surface area contributed by atoms with E-state index < -0.39 is 36.0 Å². The number of nitrogens with one attached hydrogen (secondary N) is 1. The Morgan fingerprint density at radius 1 is 1.31 bits per heavy atom. The number of hydrogen-bond acceptors (Lipinski definition) is 3. The molecule has 0 aliphatic rings. The molecule has 2 unspecified atom stereocenters. The summed E-state index contributed by atoms with van der Waals surface area (Å²) < 4.78 is 41.5. The number of carbonyl (C=O) groups excluding carboxylic acids is 1. The maximum atomic E-state index is 13.5. The second kappa shape index (κ2) is 7.49. The summed E-state index contributed by atoms with van der Waals surface area (Å²) >= 11 is 0. The number of imidazole rings is 1. The van der Waals surface area contributed by atoms with Crippen molar-refractivity contribution in [2.24, 2.45) is 7.05 Å². The fourth-order valence-corrected chi connectivity index (χ4v) is 2.72. The molecule has 0 aliphatic carbocycles. The molecule has 26 heavy (non-hydrogen) atoms. The Kier molecular flexibility index (Phi) is 5.75. The lowest BCUT2D eigenvalue weighted by atomic mass is 9.96. The first-order valence-electron chi connectivity index (χ1n) is 8.23. The van der Waals surface area contributed by atoms with Crippen LogP contribution in [0, 0.1) is 0 Å². The molecule has 5 nitrogen and oxygen atoms in total. The van der Waals surface area contributed by atoms with Crippen molar-refractivity contribution < 1.29 is 23.1 Å². The Balaban J connectivity index is 2.16. The summed E-state index contributed by atoms with van der Waals surface area (Å²) in [7, 11) is 1.33. The van der Waals surface area contributed by atoms with Crippen molar-refractivity contribution in [1.82, 2.24) is 14.9 Å². The molecule has 2 rings (SSSR count). The third kappa shape index (κ3) is 4.07. The predicted octanol–water partition coefficient (Wildman–Crippen LogP) is 3.00. The molecule has 2 N–H and O–H groups in total. The van der Waals surface area contributed by atoms with Gasteiger partial charge in [0.05, 0.1) is 12.5 Å². The number of aliphatic hydroxyl groups is 1. The molecule has 1 heterocycles. The molecule has 0 bridgehead atoms. The Labute approximate surface area is 149 Å². The second-order valence-corrected chi connectivity index (χ2v) is 6.28. The van der Waals surface area contributed by atoms with E-state index >= 15 is 0 Å². The molecule has 0 saturated heterocycles. The van der Waals surface area contributed by atoms with E-state index in [-0.39, 0.29) is 0 Å². The molecule has 1 aromatic heterocycles. The SMILES string of the molecule is CCc1ccc(C(C)NC(=O)CC(O)(c2nccn2C)C(F)(F)F)cc1. The average Bonchev–Trinajstić information content (AvgIpc) is 3.00. The monoisotopic (exact) mass is 369 g/mol. The zero-order chi connectivity index (χ0) is 19.5. The molecule has 2 aromatic rings. The largest absolute Gasteiger partial charge is 0.425 e. The van der Waals surface area contributed by atoms with E-state index in [4.69, 9.17) is 0 Å². The normalized spacial score (nSPS) is 15.3. The summed E-state index contributed by atoms with van der Waals surface area (Å²) in [5.74, 6) is -1.54. The smallest absolute Gasteiger partial charge is 0.374 e. The lowest BCUT2D eigenvalue weighted by molar-refractivity contribution is -0.271. The summed E-state index contributed by atoms with van der Waals surface area (Å²) in [5, 5.41) is 12.7. The number of rotatable bonds is 6. The van der Waals surface area contributed by atoms with Gasteiger partial charge >= 0.3 is 6.18 Å². The van der Waals surface area contributed by atoms with E-state index in [9.17, 15) is 23.1 Å². The number of alkyl halides is 3. The van der Waals surface area contributed by atoms with Crippen molar-refractivity contribution in [1.29, 1.82) is 0 Å². The van der Waals surface area contributed by atoms with Crippen LogP contribution in [0.1, 0.15) is 43.3 Å². The quantitative estimate of drug-likeness (QED) is 0.823. The van der Waals surface area contributed by atoms with Crippen LogP contribution in [0.2, 0.25) is 0 Å². The first-order valence-corrected chi connectivity index (χ1v) is 8.23. The number of hydrogen-bond donors (Lipinski definition) is 2. The molecular formula is C18H22F3N3O2. The Hall–Kier alpha value is -2.35.